The van der Waals surface area contributed by atoms with E-state index in [4.69, 9.17) is 4.74 Å². The highest BCUT2D eigenvalue weighted by Gasteiger charge is 2.36. The first-order valence-corrected chi connectivity index (χ1v) is 11.0. The average Bonchev–Trinajstić information content (AvgIpc) is 3.04. The third-order valence-corrected chi connectivity index (χ3v) is 7.17. The van der Waals surface area contributed by atoms with Crippen molar-refractivity contribution in [2.24, 2.45) is 5.92 Å². The highest BCUT2D eigenvalue weighted by Crippen LogP contribution is 2.22. The zero-order valence-electron chi connectivity index (χ0n) is 13.5. The Labute approximate surface area is 138 Å². The summed E-state index contributed by atoms with van der Waals surface area (Å²) in [6, 6.07) is -0.165. The molecular formula is C15H27NO4S2. The number of nitrogens with zero attached hydrogens (tertiary/aromatic N) is 1. The Bertz CT molecular complexity index is 472. The van der Waals surface area contributed by atoms with Gasteiger partial charge in [0.15, 0.2) is 9.84 Å². The maximum Gasteiger partial charge on any atom is 0.232 e. The largest absolute Gasteiger partial charge is 0.376 e. The average molecular weight is 350 g/mol. The van der Waals surface area contributed by atoms with Crippen LogP contribution in [-0.2, 0) is 19.4 Å². The van der Waals surface area contributed by atoms with E-state index in [1.165, 1.54) is 0 Å². The second kappa shape index (κ2) is 8.02. The summed E-state index contributed by atoms with van der Waals surface area (Å²) in [5.41, 5.74) is 0. The summed E-state index contributed by atoms with van der Waals surface area (Å²) in [5.74, 6) is 2.30. The summed E-state index contributed by atoms with van der Waals surface area (Å²) in [7, 11) is -2.98. The molecule has 0 aromatic heterocycles. The normalized spacial score (nSPS) is 27.4. The van der Waals surface area contributed by atoms with E-state index in [1.54, 1.807) is 16.7 Å². The van der Waals surface area contributed by atoms with Gasteiger partial charge in [-0.05, 0) is 30.9 Å². The summed E-state index contributed by atoms with van der Waals surface area (Å²) in [6.07, 6.45) is 2.62. The number of ether oxygens (including phenoxy) is 1. The number of hydrogen-bond acceptors (Lipinski definition) is 5. The first kappa shape index (κ1) is 18.1. The fourth-order valence-corrected chi connectivity index (χ4v) is 5.61. The number of carbonyl (C=O) groups is 1. The molecule has 1 amide bonds. The quantitative estimate of drug-likeness (QED) is 0.698. The SMILES string of the molecule is CC(C)CSCC(=O)N(CC1CCCO1)C1CCS(=O)(=O)C1. The van der Waals surface area contributed by atoms with Crippen LogP contribution < -0.4 is 0 Å². The molecule has 128 valence electrons. The minimum atomic E-state index is -2.98. The summed E-state index contributed by atoms with van der Waals surface area (Å²) in [4.78, 5) is 14.4. The predicted molar refractivity (Wildman–Crippen MR) is 89.9 cm³/mol. The monoisotopic (exact) mass is 349 g/mol. The van der Waals surface area contributed by atoms with E-state index in [-0.39, 0.29) is 29.6 Å². The van der Waals surface area contributed by atoms with Gasteiger partial charge in [0.1, 0.15) is 0 Å². The molecule has 2 aliphatic rings. The number of hydrogen-bond donors (Lipinski definition) is 0. The van der Waals surface area contributed by atoms with E-state index in [1.807, 2.05) is 0 Å². The van der Waals surface area contributed by atoms with Crippen molar-refractivity contribution in [1.29, 1.82) is 0 Å². The summed E-state index contributed by atoms with van der Waals surface area (Å²) in [6.45, 7) is 5.55. The van der Waals surface area contributed by atoms with Crippen LogP contribution in [0.25, 0.3) is 0 Å². The van der Waals surface area contributed by atoms with Crippen molar-refractivity contribution in [1.82, 2.24) is 4.90 Å². The molecule has 0 spiro atoms. The van der Waals surface area contributed by atoms with Crippen LogP contribution in [0.3, 0.4) is 0 Å². The Morgan fingerprint density at radius 2 is 2.14 bits per heavy atom. The van der Waals surface area contributed by atoms with E-state index in [0.29, 0.717) is 24.6 Å². The van der Waals surface area contributed by atoms with Gasteiger partial charge in [-0.3, -0.25) is 4.79 Å². The molecule has 2 fully saturated rings. The van der Waals surface area contributed by atoms with Crippen LogP contribution in [0.15, 0.2) is 0 Å². The predicted octanol–water partition coefficient (Wildman–Crippen LogP) is 1.57. The van der Waals surface area contributed by atoms with Gasteiger partial charge >= 0.3 is 0 Å². The van der Waals surface area contributed by atoms with E-state index in [0.717, 1.165) is 25.2 Å². The molecule has 7 heteroatoms. The van der Waals surface area contributed by atoms with Crippen LogP contribution in [0.1, 0.15) is 33.1 Å². The molecule has 0 saturated carbocycles. The molecule has 2 saturated heterocycles. The molecule has 0 bridgehead atoms. The Hall–Kier alpha value is -0.270. The van der Waals surface area contributed by atoms with Crippen molar-refractivity contribution in [3.8, 4) is 0 Å². The summed E-state index contributed by atoms with van der Waals surface area (Å²) in [5, 5.41) is 0. The van der Waals surface area contributed by atoms with E-state index in [9.17, 15) is 13.2 Å². The number of rotatable bonds is 7. The van der Waals surface area contributed by atoms with Gasteiger partial charge in [0.2, 0.25) is 5.91 Å². The van der Waals surface area contributed by atoms with Gasteiger partial charge in [-0.1, -0.05) is 13.8 Å². The molecule has 2 aliphatic heterocycles. The standard InChI is InChI=1S/C15H27NO4S2/c1-12(2)9-21-10-15(17)16(8-14-4-3-6-20-14)13-5-7-22(18,19)11-13/h12-14H,3-11H2,1-2H3. The lowest BCUT2D eigenvalue weighted by molar-refractivity contribution is -0.131. The van der Waals surface area contributed by atoms with E-state index >= 15 is 0 Å². The number of carbonyl (C=O) groups excluding carboxylic acids is 1. The highest BCUT2D eigenvalue weighted by atomic mass is 32.2. The van der Waals surface area contributed by atoms with Gasteiger partial charge < -0.3 is 9.64 Å². The fraction of sp³-hybridized carbons (Fsp3) is 0.933. The first-order valence-electron chi connectivity index (χ1n) is 8.06. The van der Waals surface area contributed by atoms with Gasteiger partial charge in [-0.2, -0.15) is 11.8 Å². The maximum absolute atomic E-state index is 12.6. The summed E-state index contributed by atoms with van der Waals surface area (Å²) < 4.78 is 29.1. The highest BCUT2D eigenvalue weighted by molar-refractivity contribution is 7.99. The van der Waals surface area contributed by atoms with Crippen molar-refractivity contribution in [2.75, 3.05) is 36.2 Å². The smallest absolute Gasteiger partial charge is 0.232 e. The van der Waals surface area contributed by atoms with Crippen molar-refractivity contribution >= 4 is 27.5 Å². The summed E-state index contributed by atoms with van der Waals surface area (Å²) >= 11 is 1.63. The van der Waals surface area contributed by atoms with Crippen LogP contribution in [-0.4, -0.2) is 67.5 Å². The second-order valence-corrected chi connectivity index (χ2v) is 9.91. The topological polar surface area (TPSA) is 63.7 Å². The van der Waals surface area contributed by atoms with Crippen molar-refractivity contribution in [2.45, 2.75) is 45.3 Å². The van der Waals surface area contributed by atoms with Gasteiger partial charge in [-0.25, -0.2) is 8.42 Å². The van der Waals surface area contributed by atoms with Crippen LogP contribution in [0, 0.1) is 5.92 Å². The molecule has 22 heavy (non-hydrogen) atoms. The molecule has 5 nitrogen and oxygen atoms in total. The van der Waals surface area contributed by atoms with Crippen molar-refractivity contribution in [3.63, 3.8) is 0 Å². The first-order chi connectivity index (χ1) is 10.4. The second-order valence-electron chi connectivity index (χ2n) is 6.65. The maximum atomic E-state index is 12.6. The number of thioether (sulfide) groups is 1. The lowest BCUT2D eigenvalue weighted by Crippen LogP contribution is -2.46. The third-order valence-electron chi connectivity index (χ3n) is 4.07. The Morgan fingerprint density at radius 1 is 1.36 bits per heavy atom. The van der Waals surface area contributed by atoms with Crippen LogP contribution >= 0.6 is 11.8 Å². The van der Waals surface area contributed by atoms with Gasteiger partial charge in [-0.15, -0.1) is 0 Å². The minimum Gasteiger partial charge on any atom is -0.376 e. The van der Waals surface area contributed by atoms with Crippen LogP contribution in [0.4, 0.5) is 0 Å². The molecule has 2 unspecified atom stereocenters. The van der Waals surface area contributed by atoms with Crippen molar-refractivity contribution in [3.05, 3.63) is 0 Å². The fourth-order valence-electron chi connectivity index (χ4n) is 2.95. The molecular weight excluding hydrogens is 322 g/mol. The third kappa shape index (κ3) is 5.42. The number of sulfone groups is 1. The lowest BCUT2D eigenvalue weighted by Gasteiger charge is -2.30. The van der Waals surface area contributed by atoms with Crippen LogP contribution in [0.2, 0.25) is 0 Å². The van der Waals surface area contributed by atoms with E-state index in [2.05, 4.69) is 13.8 Å². The lowest BCUT2D eigenvalue weighted by atomic mass is 10.1. The van der Waals surface area contributed by atoms with Gasteiger partial charge in [0, 0.05) is 19.2 Å². The van der Waals surface area contributed by atoms with Gasteiger partial charge in [0.05, 0.1) is 23.4 Å². The molecule has 0 radical (unpaired) electrons. The molecule has 0 aromatic carbocycles. The molecule has 0 aliphatic carbocycles. The molecule has 0 aromatic rings. The Kier molecular flexibility index (Phi) is 6.58. The molecule has 2 rings (SSSR count). The molecule has 0 N–H and O–H groups in total. The Morgan fingerprint density at radius 3 is 2.68 bits per heavy atom. The zero-order chi connectivity index (χ0) is 16.2. The van der Waals surface area contributed by atoms with E-state index < -0.39 is 9.84 Å². The van der Waals surface area contributed by atoms with Gasteiger partial charge in [0.25, 0.3) is 0 Å². The minimum absolute atomic E-state index is 0.0586. The molecule has 2 atom stereocenters. The van der Waals surface area contributed by atoms with Crippen molar-refractivity contribution < 1.29 is 17.9 Å². The zero-order valence-corrected chi connectivity index (χ0v) is 15.1. The Balaban J connectivity index is 1.95. The number of amides is 1. The molecule has 2 heterocycles. The van der Waals surface area contributed by atoms with Crippen LogP contribution in [0.5, 0.6) is 0 Å².